The minimum absolute atomic E-state index is 0.0248. The normalized spacial score (nSPS) is 15.2. The first-order valence-electron chi connectivity index (χ1n) is 11.5. The van der Waals surface area contributed by atoms with Gasteiger partial charge in [-0.05, 0) is 43.0 Å². The molecule has 2 aromatic carbocycles. The molecule has 4 nitrogen and oxygen atoms in total. The molecule has 172 valence electrons. The Kier molecular flexibility index (Phi) is 10.1. The van der Waals surface area contributed by atoms with E-state index in [4.69, 9.17) is 0 Å². The monoisotopic (exact) mass is 516 g/mol. The average molecular weight is 518 g/mol. The molecule has 1 N–H and O–H groups in total. The van der Waals surface area contributed by atoms with Gasteiger partial charge in [0.2, 0.25) is 11.8 Å². The molecule has 0 radical (unpaired) electrons. The zero-order chi connectivity index (χ0) is 22.8. The molecule has 2 aromatic rings. The molecule has 32 heavy (non-hydrogen) atoms. The van der Waals surface area contributed by atoms with E-state index in [1.807, 2.05) is 49.4 Å². The van der Waals surface area contributed by atoms with Crippen LogP contribution in [0, 0.1) is 0 Å². The van der Waals surface area contributed by atoms with E-state index in [0.717, 1.165) is 34.4 Å². The Balaban J connectivity index is 1.60. The number of rotatable bonds is 10. The molecule has 1 saturated carbocycles. The summed E-state index contributed by atoms with van der Waals surface area (Å²) >= 11 is 5.26. The molecule has 1 aliphatic carbocycles. The molecule has 0 aromatic heterocycles. The second-order valence-corrected chi connectivity index (χ2v) is 10.5. The Morgan fingerprint density at radius 1 is 1.06 bits per heavy atom. The number of nitrogens with zero attached hydrogens (tertiary/aromatic N) is 1. The van der Waals surface area contributed by atoms with Gasteiger partial charge in [-0.15, -0.1) is 0 Å². The third-order valence-electron chi connectivity index (χ3n) is 5.93. The second-order valence-electron chi connectivity index (χ2n) is 8.46. The van der Waals surface area contributed by atoms with Gasteiger partial charge in [0, 0.05) is 35.0 Å². The van der Waals surface area contributed by atoms with Crippen LogP contribution < -0.4 is 5.32 Å². The summed E-state index contributed by atoms with van der Waals surface area (Å²) < 4.78 is 0.972. The van der Waals surface area contributed by atoms with Crippen LogP contribution in [0.3, 0.4) is 0 Å². The highest BCUT2D eigenvalue weighted by Gasteiger charge is 2.27. The van der Waals surface area contributed by atoms with E-state index in [1.54, 1.807) is 16.7 Å². The predicted octanol–water partition coefficient (Wildman–Crippen LogP) is 5.94. The van der Waals surface area contributed by atoms with Crippen molar-refractivity contribution in [3.05, 3.63) is 70.2 Å². The van der Waals surface area contributed by atoms with Gasteiger partial charge in [0.1, 0.15) is 6.04 Å². The van der Waals surface area contributed by atoms with Crippen molar-refractivity contribution in [1.29, 1.82) is 0 Å². The maximum Gasteiger partial charge on any atom is 0.242 e. The summed E-state index contributed by atoms with van der Waals surface area (Å²) in [5, 5.41) is 3.19. The Morgan fingerprint density at radius 2 is 1.78 bits per heavy atom. The van der Waals surface area contributed by atoms with Crippen molar-refractivity contribution in [2.75, 3.05) is 5.75 Å². The first-order chi connectivity index (χ1) is 15.5. The van der Waals surface area contributed by atoms with Gasteiger partial charge < -0.3 is 10.2 Å². The maximum atomic E-state index is 13.2. The van der Waals surface area contributed by atoms with Gasteiger partial charge in [-0.3, -0.25) is 9.59 Å². The summed E-state index contributed by atoms with van der Waals surface area (Å²) in [5.74, 6) is 1.60. The lowest BCUT2D eigenvalue weighted by atomic mass is 9.95. The van der Waals surface area contributed by atoms with Crippen LogP contribution in [0.1, 0.15) is 56.6 Å². The van der Waals surface area contributed by atoms with E-state index in [9.17, 15) is 9.59 Å². The summed E-state index contributed by atoms with van der Waals surface area (Å²) in [6.45, 7) is 2.28. The highest BCUT2D eigenvalue weighted by atomic mass is 79.9. The van der Waals surface area contributed by atoms with Crippen molar-refractivity contribution in [3.8, 4) is 0 Å². The largest absolute Gasteiger partial charge is 0.352 e. The molecule has 1 aliphatic rings. The number of halogens is 1. The molecule has 0 spiro atoms. The number of carbonyl (C=O) groups is 2. The number of nitrogens with one attached hydrogen (secondary N) is 1. The minimum atomic E-state index is -0.498. The van der Waals surface area contributed by atoms with Crippen LogP contribution in [0.4, 0.5) is 0 Å². The van der Waals surface area contributed by atoms with E-state index in [1.165, 1.54) is 24.8 Å². The summed E-state index contributed by atoms with van der Waals surface area (Å²) in [6, 6.07) is 18.0. The zero-order valence-corrected chi connectivity index (χ0v) is 21.2. The van der Waals surface area contributed by atoms with Crippen LogP contribution in [-0.2, 0) is 21.9 Å². The van der Waals surface area contributed by atoms with Crippen LogP contribution >= 0.6 is 27.7 Å². The summed E-state index contributed by atoms with van der Waals surface area (Å²) in [4.78, 5) is 28.0. The lowest BCUT2D eigenvalue weighted by Crippen LogP contribution is -2.50. The molecule has 0 saturated heterocycles. The van der Waals surface area contributed by atoms with Crippen molar-refractivity contribution in [1.82, 2.24) is 10.2 Å². The van der Waals surface area contributed by atoms with Gasteiger partial charge in [-0.2, -0.15) is 11.8 Å². The zero-order valence-electron chi connectivity index (χ0n) is 18.8. The van der Waals surface area contributed by atoms with E-state index in [-0.39, 0.29) is 17.9 Å². The average Bonchev–Trinajstić information content (AvgIpc) is 2.81. The van der Waals surface area contributed by atoms with Gasteiger partial charge in [0.25, 0.3) is 0 Å². The van der Waals surface area contributed by atoms with E-state index in [2.05, 4.69) is 33.4 Å². The molecule has 1 atom stereocenters. The van der Waals surface area contributed by atoms with Crippen molar-refractivity contribution in [2.24, 2.45) is 0 Å². The van der Waals surface area contributed by atoms with Gasteiger partial charge in [-0.25, -0.2) is 0 Å². The standard InChI is InChI=1S/C26H33BrN2O2S/c1-20(26(31)28-24-13-6-3-7-14-24)29(18-22-11-8-12-23(27)17-22)25(30)15-16-32-19-21-9-4-2-5-10-21/h2,4-5,8-12,17,20,24H,3,6-7,13-16,18-19H2,1H3,(H,28,31)/t20-/m1/s1. The molecular formula is C26H33BrN2O2S. The van der Waals surface area contributed by atoms with E-state index < -0.39 is 6.04 Å². The van der Waals surface area contributed by atoms with Crippen molar-refractivity contribution >= 4 is 39.5 Å². The molecule has 0 bridgehead atoms. The minimum Gasteiger partial charge on any atom is -0.352 e. The van der Waals surface area contributed by atoms with Crippen LogP contribution in [-0.4, -0.2) is 34.6 Å². The Hall–Kier alpha value is -1.79. The highest BCUT2D eigenvalue weighted by molar-refractivity contribution is 9.10. The summed E-state index contributed by atoms with van der Waals surface area (Å²) in [5.41, 5.74) is 2.28. The number of benzene rings is 2. The predicted molar refractivity (Wildman–Crippen MR) is 136 cm³/mol. The third kappa shape index (κ3) is 7.96. The fourth-order valence-corrected chi connectivity index (χ4v) is 5.39. The summed E-state index contributed by atoms with van der Waals surface area (Å²) in [7, 11) is 0. The van der Waals surface area contributed by atoms with Gasteiger partial charge in [0.05, 0.1) is 0 Å². The van der Waals surface area contributed by atoms with Crippen LogP contribution in [0.25, 0.3) is 0 Å². The highest BCUT2D eigenvalue weighted by Crippen LogP contribution is 2.20. The fraction of sp³-hybridized carbons (Fsp3) is 0.462. The lowest BCUT2D eigenvalue weighted by Gasteiger charge is -2.31. The first kappa shape index (κ1) is 24.8. The lowest BCUT2D eigenvalue weighted by molar-refractivity contribution is -0.140. The fourth-order valence-electron chi connectivity index (χ4n) is 4.05. The number of carbonyl (C=O) groups excluding carboxylic acids is 2. The number of hydrogen-bond donors (Lipinski definition) is 1. The molecule has 0 heterocycles. The molecule has 2 amide bonds. The molecular weight excluding hydrogens is 484 g/mol. The summed E-state index contributed by atoms with van der Waals surface area (Å²) in [6.07, 6.45) is 6.07. The smallest absolute Gasteiger partial charge is 0.242 e. The molecule has 3 rings (SSSR count). The topological polar surface area (TPSA) is 49.4 Å². The van der Waals surface area contributed by atoms with E-state index in [0.29, 0.717) is 13.0 Å². The maximum absolute atomic E-state index is 13.2. The van der Waals surface area contributed by atoms with Crippen LogP contribution in [0.15, 0.2) is 59.1 Å². The second kappa shape index (κ2) is 13.0. The van der Waals surface area contributed by atoms with Gasteiger partial charge >= 0.3 is 0 Å². The molecule has 0 unspecified atom stereocenters. The van der Waals surface area contributed by atoms with Gasteiger partial charge in [-0.1, -0.05) is 77.7 Å². The molecule has 0 aliphatic heterocycles. The van der Waals surface area contributed by atoms with Crippen LogP contribution in [0.5, 0.6) is 0 Å². The number of amides is 2. The third-order valence-corrected chi connectivity index (χ3v) is 7.46. The first-order valence-corrected chi connectivity index (χ1v) is 13.4. The Bertz CT molecular complexity index is 871. The SMILES string of the molecule is C[C@H](C(=O)NC1CCCCC1)N(Cc1cccc(Br)c1)C(=O)CCSCc1ccccc1. The van der Waals surface area contributed by atoms with Gasteiger partial charge in [0.15, 0.2) is 0 Å². The molecule has 1 fully saturated rings. The van der Waals surface area contributed by atoms with Crippen LogP contribution in [0.2, 0.25) is 0 Å². The number of thioether (sulfide) groups is 1. The Morgan fingerprint density at radius 3 is 2.50 bits per heavy atom. The Labute approximate surface area is 204 Å². The number of hydrogen-bond acceptors (Lipinski definition) is 3. The molecule has 6 heteroatoms. The van der Waals surface area contributed by atoms with Crippen molar-refractivity contribution in [3.63, 3.8) is 0 Å². The van der Waals surface area contributed by atoms with Crippen molar-refractivity contribution < 1.29 is 9.59 Å². The van der Waals surface area contributed by atoms with Crippen molar-refractivity contribution in [2.45, 2.75) is 69.8 Å². The van der Waals surface area contributed by atoms with E-state index >= 15 is 0 Å². The quantitative estimate of drug-likeness (QED) is 0.397.